The summed E-state index contributed by atoms with van der Waals surface area (Å²) in [5.74, 6) is 1.38. The second-order valence-electron chi connectivity index (χ2n) is 10.6. The fraction of sp³-hybridized carbons (Fsp3) is 0.680. The van der Waals surface area contributed by atoms with E-state index in [4.69, 9.17) is 4.74 Å². The summed E-state index contributed by atoms with van der Waals surface area (Å²) >= 11 is 0. The minimum absolute atomic E-state index is 0.0906. The fourth-order valence-electron chi connectivity index (χ4n) is 5.75. The zero-order chi connectivity index (χ0) is 21.7. The smallest absolute Gasteiger partial charge is 0.253 e. The molecule has 1 spiro atoms. The SMILES string of the molecule is CCOc1ccc(C(=O)N2CCC3(CC2)CCN(C(=O)C2C(C)(C)C2(C)C)C3)cc1. The summed E-state index contributed by atoms with van der Waals surface area (Å²) in [4.78, 5) is 30.1. The zero-order valence-electron chi connectivity index (χ0n) is 19.2. The normalized spacial score (nSPS) is 24.2. The number of piperidine rings is 1. The van der Waals surface area contributed by atoms with Gasteiger partial charge in [-0.25, -0.2) is 0 Å². The topological polar surface area (TPSA) is 49.9 Å². The van der Waals surface area contributed by atoms with Gasteiger partial charge in [-0.1, -0.05) is 27.7 Å². The highest BCUT2D eigenvalue weighted by Crippen LogP contribution is 2.69. The maximum atomic E-state index is 13.1. The molecule has 2 heterocycles. The minimum Gasteiger partial charge on any atom is -0.494 e. The largest absolute Gasteiger partial charge is 0.494 e. The number of amides is 2. The molecule has 2 aliphatic heterocycles. The Bertz CT molecular complexity index is 805. The van der Waals surface area contributed by atoms with E-state index in [0.29, 0.717) is 12.5 Å². The highest BCUT2D eigenvalue weighted by molar-refractivity contribution is 5.94. The van der Waals surface area contributed by atoms with Gasteiger partial charge in [0, 0.05) is 37.7 Å². The Balaban J connectivity index is 1.33. The predicted octanol–water partition coefficient (Wildman–Crippen LogP) is 4.22. The number of carbonyl (C=O) groups excluding carboxylic acids is 2. The average Bonchev–Trinajstić information content (AvgIpc) is 2.97. The van der Waals surface area contributed by atoms with Crippen LogP contribution in [0.1, 0.15) is 64.2 Å². The van der Waals surface area contributed by atoms with E-state index in [0.717, 1.165) is 56.8 Å². The maximum Gasteiger partial charge on any atom is 0.253 e. The predicted molar refractivity (Wildman–Crippen MR) is 117 cm³/mol. The molecule has 0 N–H and O–H groups in total. The highest BCUT2D eigenvalue weighted by Gasteiger charge is 2.69. The van der Waals surface area contributed by atoms with Gasteiger partial charge < -0.3 is 14.5 Å². The fourth-order valence-corrected chi connectivity index (χ4v) is 5.75. The molecule has 2 amide bonds. The van der Waals surface area contributed by atoms with Crippen LogP contribution in [0, 0.1) is 22.2 Å². The van der Waals surface area contributed by atoms with E-state index < -0.39 is 0 Å². The summed E-state index contributed by atoms with van der Waals surface area (Å²) in [6.45, 7) is 14.7. The Labute approximate surface area is 180 Å². The van der Waals surface area contributed by atoms with E-state index in [1.807, 2.05) is 36.1 Å². The zero-order valence-corrected chi connectivity index (χ0v) is 19.2. The van der Waals surface area contributed by atoms with Gasteiger partial charge in [-0.05, 0) is 66.7 Å². The minimum atomic E-state index is 0.0906. The molecule has 4 rings (SSSR count). The van der Waals surface area contributed by atoms with Gasteiger partial charge in [-0.3, -0.25) is 9.59 Å². The van der Waals surface area contributed by atoms with E-state index >= 15 is 0 Å². The Kier molecular flexibility index (Phi) is 5.14. The molecule has 1 saturated carbocycles. The molecule has 0 unspecified atom stereocenters. The van der Waals surface area contributed by atoms with Gasteiger partial charge in [-0.2, -0.15) is 0 Å². The Morgan fingerprint density at radius 3 is 1.97 bits per heavy atom. The first-order valence-electron chi connectivity index (χ1n) is 11.4. The van der Waals surface area contributed by atoms with E-state index in [9.17, 15) is 9.59 Å². The third kappa shape index (κ3) is 3.40. The van der Waals surface area contributed by atoms with Gasteiger partial charge in [-0.15, -0.1) is 0 Å². The monoisotopic (exact) mass is 412 g/mol. The van der Waals surface area contributed by atoms with Crippen LogP contribution in [0.15, 0.2) is 24.3 Å². The maximum absolute atomic E-state index is 13.1. The van der Waals surface area contributed by atoms with Gasteiger partial charge >= 0.3 is 0 Å². The summed E-state index contributed by atoms with van der Waals surface area (Å²) in [6.07, 6.45) is 3.03. The van der Waals surface area contributed by atoms with Gasteiger partial charge in [0.05, 0.1) is 6.61 Å². The summed E-state index contributed by atoms with van der Waals surface area (Å²) in [7, 11) is 0. The quantitative estimate of drug-likeness (QED) is 0.744. The van der Waals surface area contributed by atoms with E-state index in [1.165, 1.54) is 0 Å². The molecule has 0 aromatic heterocycles. The molecule has 0 bridgehead atoms. The first-order valence-corrected chi connectivity index (χ1v) is 11.4. The van der Waals surface area contributed by atoms with Gasteiger partial charge in [0.15, 0.2) is 0 Å². The van der Waals surface area contributed by atoms with Gasteiger partial charge in [0.25, 0.3) is 5.91 Å². The van der Waals surface area contributed by atoms with Crippen molar-refractivity contribution in [2.75, 3.05) is 32.8 Å². The molecule has 1 aromatic rings. The van der Waals surface area contributed by atoms with Crippen LogP contribution in [0.2, 0.25) is 0 Å². The number of rotatable bonds is 4. The molecule has 3 fully saturated rings. The van der Waals surface area contributed by atoms with Crippen LogP contribution >= 0.6 is 0 Å². The van der Waals surface area contributed by atoms with Crippen LogP contribution in [-0.2, 0) is 4.79 Å². The lowest BCUT2D eigenvalue weighted by atomic mass is 9.77. The van der Waals surface area contributed by atoms with Gasteiger partial charge in [0.2, 0.25) is 5.91 Å². The van der Waals surface area contributed by atoms with Crippen molar-refractivity contribution in [2.24, 2.45) is 22.2 Å². The first-order chi connectivity index (χ1) is 14.1. The molecule has 5 nitrogen and oxygen atoms in total. The number of benzene rings is 1. The third-order valence-corrected chi connectivity index (χ3v) is 8.54. The van der Waals surface area contributed by atoms with Crippen LogP contribution in [0.3, 0.4) is 0 Å². The number of carbonyl (C=O) groups is 2. The summed E-state index contributed by atoms with van der Waals surface area (Å²) in [5, 5.41) is 0. The lowest BCUT2D eigenvalue weighted by Crippen LogP contribution is -2.45. The molecule has 30 heavy (non-hydrogen) atoms. The molecule has 164 valence electrons. The van der Waals surface area contributed by atoms with Gasteiger partial charge in [0.1, 0.15) is 5.75 Å². The van der Waals surface area contributed by atoms with Crippen molar-refractivity contribution in [3.8, 4) is 5.75 Å². The second-order valence-corrected chi connectivity index (χ2v) is 10.6. The number of likely N-dealkylation sites (tertiary alicyclic amines) is 2. The Hall–Kier alpha value is -2.04. The number of nitrogens with zero attached hydrogens (tertiary/aromatic N) is 2. The molecule has 5 heteroatoms. The molecule has 3 aliphatic rings. The number of ether oxygens (including phenoxy) is 1. The van der Waals surface area contributed by atoms with Crippen molar-refractivity contribution in [3.63, 3.8) is 0 Å². The van der Waals surface area contributed by atoms with E-state index in [1.54, 1.807) is 0 Å². The lowest BCUT2D eigenvalue weighted by molar-refractivity contribution is -0.133. The Morgan fingerprint density at radius 2 is 1.47 bits per heavy atom. The third-order valence-electron chi connectivity index (χ3n) is 8.54. The molecule has 0 radical (unpaired) electrons. The summed E-state index contributed by atoms with van der Waals surface area (Å²) in [6, 6.07) is 7.44. The lowest BCUT2D eigenvalue weighted by Gasteiger charge is -2.39. The van der Waals surface area contributed by atoms with Crippen LogP contribution in [-0.4, -0.2) is 54.4 Å². The molecule has 0 atom stereocenters. The van der Waals surface area contributed by atoms with Crippen LogP contribution in [0.5, 0.6) is 5.75 Å². The van der Waals surface area contributed by atoms with E-state index in [-0.39, 0.29) is 28.1 Å². The number of hydrogen-bond acceptors (Lipinski definition) is 3. The van der Waals surface area contributed by atoms with Crippen molar-refractivity contribution in [2.45, 2.75) is 53.9 Å². The van der Waals surface area contributed by atoms with E-state index in [2.05, 4.69) is 32.6 Å². The molecule has 1 aromatic carbocycles. The van der Waals surface area contributed by atoms with Crippen molar-refractivity contribution in [1.82, 2.24) is 9.80 Å². The highest BCUT2D eigenvalue weighted by atomic mass is 16.5. The number of hydrogen-bond donors (Lipinski definition) is 0. The first kappa shape index (κ1) is 21.2. The molecular weight excluding hydrogens is 376 g/mol. The van der Waals surface area contributed by atoms with Crippen molar-refractivity contribution >= 4 is 11.8 Å². The molecule has 1 aliphatic carbocycles. The van der Waals surface area contributed by atoms with Crippen LogP contribution in [0.25, 0.3) is 0 Å². The molecular formula is C25H36N2O3. The van der Waals surface area contributed by atoms with Crippen molar-refractivity contribution < 1.29 is 14.3 Å². The molecule has 2 saturated heterocycles. The summed E-state index contributed by atoms with van der Waals surface area (Å²) in [5.41, 5.74) is 1.09. The second kappa shape index (κ2) is 7.28. The van der Waals surface area contributed by atoms with Crippen LogP contribution < -0.4 is 4.74 Å². The van der Waals surface area contributed by atoms with Crippen molar-refractivity contribution in [1.29, 1.82) is 0 Å². The Morgan fingerprint density at radius 1 is 0.933 bits per heavy atom. The van der Waals surface area contributed by atoms with Crippen LogP contribution in [0.4, 0.5) is 0 Å². The van der Waals surface area contributed by atoms with Crippen molar-refractivity contribution in [3.05, 3.63) is 29.8 Å². The average molecular weight is 413 g/mol. The summed E-state index contributed by atoms with van der Waals surface area (Å²) < 4.78 is 5.47. The standard InChI is InChI=1S/C25H36N2O3/c1-6-30-19-9-7-18(8-10-19)21(28)26-14-11-25(12-15-26)13-16-27(17-25)22(29)20-23(2,3)24(20,4)5/h7-10,20H,6,11-17H2,1-5H3.